The van der Waals surface area contributed by atoms with Crippen molar-refractivity contribution in [1.29, 1.82) is 0 Å². The van der Waals surface area contributed by atoms with Gasteiger partial charge in [-0.1, -0.05) is 0 Å². The van der Waals surface area contributed by atoms with Crippen molar-refractivity contribution in [3.63, 3.8) is 0 Å². The number of hydrogen-bond acceptors (Lipinski definition) is 8. The molecule has 32 heavy (non-hydrogen) atoms. The SMILES string of the molecule is C/C(=N/NC(=O)Cn1cc([N+](=O)[O-])c(C)n1)c1ccc(OCc2ccc(C(=O)O)o2)cc1. The highest BCUT2D eigenvalue weighted by atomic mass is 16.6. The molecule has 0 saturated carbocycles. The summed E-state index contributed by atoms with van der Waals surface area (Å²) in [6.07, 6.45) is 1.19. The summed E-state index contributed by atoms with van der Waals surface area (Å²) in [5, 5.41) is 27.7. The number of carboxylic acid groups (broad SMARTS) is 1. The van der Waals surface area contributed by atoms with Gasteiger partial charge < -0.3 is 14.3 Å². The molecule has 0 atom stereocenters. The fourth-order valence-corrected chi connectivity index (χ4v) is 2.68. The van der Waals surface area contributed by atoms with E-state index in [-0.39, 0.29) is 30.3 Å². The number of nitrogens with one attached hydrogen (secondary N) is 1. The zero-order valence-electron chi connectivity index (χ0n) is 17.1. The quantitative estimate of drug-likeness (QED) is 0.291. The number of amides is 1. The number of furan rings is 1. The van der Waals surface area contributed by atoms with Crippen LogP contribution in [0.3, 0.4) is 0 Å². The van der Waals surface area contributed by atoms with Crippen molar-refractivity contribution in [2.75, 3.05) is 0 Å². The predicted molar refractivity (Wildman–Crippen MR) is 110 cm³/mol. The van der Waals surface area contributed by atoms with Gasteiger partial charge in [-0.05, 0) is 55.8 Å². The van der Waals surface area contributed by atoms with Crippen molar-refractivity contribution in [3.05, 3.63) is 75.5 Å². The standard InChI is InChI=1S/C20H19N5O7/c1-12(21-22-19(26)10-24-9-17(25(29)30)13(2)23-24)14-3-5-15(6-4-14)31-11-16-7-8-18(32-16)20(27)28/h3-9H,10-11H2,1-2H3,(H,22,26)(H,27,28)/b21-12-. The van der Waals surface area contributed by atoms with Gasteiger partial charge in [-0.15, -0.1) is 0 Å². The van der Waals surface area contributed by atoms with Crippen LogP contribution in [0.1, 0.15) is 34.5 Å². The lowest BCUT2D eigenvalue weighted by atomic mass is 10.1. The van der Waals surface area contributed by atoms with Crippen LogP contribution in [0, 0.1) is 17.0 Å². The molecule has 0 aliphatic rings. The first-order valence-corrected chi connectivity index (χ1v) is 9.29. The minimum Gasteiger partial charge on any atom is -0.486 e. The summed E-state index contributed by atoms with van der Waals surface area (Å²) in [7, 11) is 0. The van der Waals surface area contributed by atoms with E-state index in [0.29, 0.717) is 17.2 Å². The molecule has 12 heteroatoms. The van der Waals surface area contributed by atoms with E-state index in [2.05, 4.69) is 15.6 Å². The second-order valence-electron chi connectivity index (χ2n) is 6.67. The minimum absolute atomic E-state index is 0.0703. The first-order valence-electron chi connectivity index (χ1n) is 9.29. The van der Waals surface area contributed by atoms with Crippen LogP contribution < -0.4 is 10.2 Å². The minimum atomic E-state index is -1.15. The Hall–Kier alpha value is -4.48. The summed E-state index contributed by atoms with van der Waals surface area (Å²) in [6.45, 7) is 3.05. The maximum Gasteiger partial charge on any atom is 0.371 e. The van der Waals surface area contributed by atoms with E-state index in [1.54, 1.807) is 31.2 Å². The zero-order chi connectivity index (χ0) is 23.3. The largest absolute Gasteiger partial charge is 0.486 e. The number of hydrogen-bond donors (Lipinski definition) is 2. The molecule has 0 radical (unpaired) electrons. The lowest BCUT2D eigenvalue weighted by Crippen LogP contribution is -2.24. The first-order chi connectivity index (χ1) is 15.2. The number of aromatic carboxylic acids is 1. The molecular formula is C20H19N5O7. The van der Waals surface area contributed by atoms with Crippen molar-refractivity contribution in [2.24, 2.45) is 5.10 Å². The number of hydrazone groups is 1. The molecule has 3 rings (SSSR count). The van der Waals surface area contributed by atoms with Crippen LogP contribution in [0.4, 0.5) is 5.69 Å². The summed E-state index contributed by atoms with van der Waals surface area (Å²) in [4.78, 5) is 33.1. The molecule has 0 spiro atoms. The number of aromatic nitrogens is 2. The Labute approximate surface area is 181 Å². The zero-order valence-corrected chi connectivity index (χ0v) is 17.1. The van der Waals surface area contributed by atoms with E-state index in [1.165, 1.54) is 29.9 Å². The fourth-order valence-electron chi connectivity index (χ4n) is 2.68. The van der Waals surface area contributed by atoms with Crippen LogP contribution in [0.2, 0.25) is 0 Å². The third-order valence-electron chi connectivity index (χ3n) is 4.30. The molecule has 2 N–H and O–H groups in total. The van der Waals surface area contributed by atoms with Crippen LogP contribution in [-0.4, -0.2) is 37.4 Å². The maximum absolute atomic E-state index is 12.0. The number of nitrogens with zero attached hydrogens (tertiary/aromatic N) is 4. The average Bonchev–Trinajstić information content (AvgIpc) is 3.37. The van der Waals surface area contributed by atoms with Crippen molar-refractivity contribution in [1.82, 2.24) is 15.2 Å². The summed E-state index contributed by atoms with van der Waals surface area (Å²) in [6, 6.07) is 9.76. The van der Waals surface area contributed by atoms with Gasteiger partial charge in [0.1, 0.15) is 36.6 Å². The van der Waals surface area contributed by atoms with Crippen LogP contribution in [0.25, 0.3) is 0 Å². The van der Waals surface area contributed by atoms with Crippen LogP contribution in [0.5, 0.6) is 5.75 Å². The first kappa shape index (κ1) is 22.2. The second kappa shape index (κ2) is 9.55. The molecule has 2 heterocycles. The fraction of sp³-hybridized carbons (Fsp3) is 0.200. The lowest BCUT2D eigenvalue weighted by Gasteiger charge is -2.06. The molecule has 12 nitrogen and oxygen atoms in total. The van der Waals surface area contributed by atoms with E-state index < -0.39 is 16.8 Å². The number of benzene rings is 1. The Balaban J connectivity index is 1.53. The van der Waals surface area contributed by atoms with E-state index >= 15 is 0 Å². The van der Waals surface area contributed by atoms with Crippen LogP contribution in [0.15, 0.2) is 52.1 Å². The number of carbonyl (C=O) groups excluding carboxylic acids is 1. The second-order valence-corrected chi connectivity index (χ2v) is 6.67. The molecule has 1 aromatic carbocycles. The van der Waals surface area contributed by atoms with Crippen LogP contribution in [-0.2, 0) is 17.9 Å². The van der Waals surface area contributed by atoms with Gasteiger partial charge in [0.05, 0.1) is 10.6 Å². The molecule has 0 unspecified atom stereocenters. The Kier molecular flexibility index (Phi) is 6.63. The molecular weight excluding hydrogens is 422 g/mol. The number of aryl methyl sites for hydroxylation is 1. The average molecular weight is 441 g/mol. The number of nitro groups is 1. The monoisotopic (exact) mass is 441 g/mol. The number of ether oxygens (including phenoxy) is 1. The molecule has 166 valence electrons. The van der Waals surface area contributed by atoms with E-state index in [1.807, 2.05) is 0 Å². The van der Waals surface area contributed by atoms with Gasteiger partial charge in [0.15, 0.2) is 0 Å². The van der Waals surface area contributed by atoms with Gasteiger partial charge in [0, 0.05) is 0 Å². The number of carbonyl (C=O) groups is 2. The van der Waals surface area contributed by atoms with Gasteiger partial charge in [0.2, 0.25) is 5.76 Å². The van der Waals surface area contributed by atoms with Crippen molar-refractivity contribution < 1.29 is 28.8 Å². The maximum atomic E-state index is 12.0. The summed E-state index contributed by atoms with van der Waals surface area (Å²) < 4.78 is 11.9. The summed E-state index contributed by atoms with van der Waals surface area (Å²) >= 11 is 0. The van der Waals surface area contributed by atoms with Crippen LogP contribution >= 0.6 is 0 Å². The highest BCUT2D eigenvalue weighted by Gasteiger charge is 2.16. The smallest absolute Gasteiger partial charge is 0.371 e. The molecule has 0 fully saturated rings. The molecule has 2 aromatic heterocycles. The van der Waals surface area contributed by atoms with Gasteiger partial charge >= 0.3 is 11.7 Å². The topological polar surface area (TPSA) is 162 Å². The molecule has 1 amide bonds. The third kappa shape index (κ3) is 5.56. The van der Waals surface area contributed by atoms with E-state index in [0.717, 1.165) is 5.56 Å². The Morgan fingerprint density at radius 1 is 1.28 bits per heavy atom. The van der Waals surface area contributed by atoms with E-state index in [9.17, 15) is 19.7 Å². The summed E-state index contributed by atoms with van der Waals surface area (Å²) in [5.41, 5.74) is 3.71. The van der Waals surface area contributed by atoms with Gasteiger partial charge in [-0.3, -0.25) is 19.6 Å². The Morgan fingerprint density at radius 2 is 2.00 bits per heavy atom. The van der Waals surface area contributed by atoms with Crippen molar-refractivity contribution in [2.45, 2.75) is 27.0 Å². The van der Waals surface area contributed by atoms with Gasteiger partial charge in [0.25, 0.3) is 5.91 Å². The summed E-state index contributed by atoms with van der Waals surface area (Å²) in [5.74, 6) is -0.878. The molecule has 0 bridgehead atoms. The van der Waals surface area contributed by atoms with Gasteiger partial charge in [-0.2, -0.15) is 10.2 Å². The highest BCUT2D eigenvalue weighted by Crippen LogP contribution is 2.17. The lowest BCUT2D eigenvalue weighted by molar-refractivity contribution is -0.385. The number of carboxylic acids is 1. The highest BCUT2D eigenvalue weighted by molar-refractivity contribution is 5.99. The normalized spacial score (nSPS) is 11.2. The van der Waals surface area contributed by atoms with Crippen molar-refractivity contribution >= 4 is 23.3 Å². The van der Waals surface area contributed by atoms with E-state index in [4.69, 9.17) is 14.3 Å². The number of rotatable bonds is 9. The Bertz CT molecular complexity index is 1180. The molecule has 3 aromatic rings. The third-order valence-corrected chi connectivity index (χ3v) is 4.30. The molecule has 0 aliphatic carbocycles. The molecule has 0 saturated heterocycles. The van der Waals surface area contributed by atoms with Gasteiger partial charge in [-0.25, -0.2) is 10.2 Å². The Morgan fingerprint density at radius 3 is 2.59 bits per heavy atom. The molecule has 0 aliphatic heterocycles. The predicted octanol–water partition coefficient (Wildman–Crippen LogP) is 2.51. The van der Waals surface area contributed by atoms with Crippen molar-refractivity contribution in [3.8, 4) is 5.75 Å².